The maximum Gasteiger partial charge on any atom is 0.321 e. The van der Waals surface area contributed by atoms with Crippen LogP contribution >= 0.6 is 0 Å². The quantitative estimate of drug-likeness (QED) is 0.685. The molecule has 0 saturated carbocycles. The number of rotatable bonds is 5. The van der Waals surface area contributed by atoms with E-state index in [4.69, 9.17) is 9.84 Å². The molecule has 0 aromatic rings. The molecular formula is C10H20N2O3. The lowest BCUT2D eigenvalue weighted by Gasteiger charge is -2.35. The summed E-state index contributed by atoms with van der Waals surface area (Å²) in [5.74, 6) is -0.739. The average Bonchev–Trinajstić information content (AvgIpc) is 2.21. The Hall–Kier alpha value is -0.650. The van der Waals surface area contributed by atoms with Crippen LogP contribution in [0, 0.1) is 0 Å². The van der Waals surface area contributed by atoms with Crippen molar-refractivity contribution in [2.24, 2.45) is 0 Å². The molecule has 1 aliphatic heterocycles. The lowest BCUT2D eigenvalue weighted by Crippen LogP contribution is -2.51. The second-order valence-corrected chi connectivity index (χ2v) is 3.97. The lowest BCUT2D eigenvalue weighted by atomic mass is 10.1. The van der Waals surface area contributed by atoms with Crippen LogP contribution in [0.15, 0.2) is 0 Å². The van der Waals surface area contributed by atoms with Crippen molar-refractivity contribution in [3.05, 3.63) is 0 Å². The molecule has 1 rings (SSSR count). The summed E-state index contributed by atoms with van der Waals surface area (Å²) in [6, 6.07) is -0.390. The molecule has 0 spiro atoms. The summed E-state index contributed by atoms with van der Waals surface area (Å²) >= 11 is 0. The van der Waals surface area contributed by atoms with Crippen molar-refractivity contribution in [2.45, 2.75) is 12.5 Å². The van der Waals surface area contributed by atoms with Crippen molar-refractivity contribution in [3.8, 4) is 0 Å². The number of ether oxygens (including phenoxy) is 1. The van der Waals surface area contributed by atoms with E-state index >= 15 is 0 Å². The van der Waals surface area contributed by atoms with E-state index in [0.29, 0.717) is 13.0 Å². The number of likely N-dealkylation sites (N-methyl/N-ethyl adjacent to an activating group) is 1. The average molecular weight is 216 g/mol. The van der Waals surface area contributed by atoms with E-state index in [-0.39, 0.29) is 0 Å². The highest BCUT2D eigenvalue weighted by Gasteiger charge is 2.27. The topological polar surface area (TPSA) is 53.0 Å². The van der Waals surface area contributed by atoms with E-state index in [1.54, 1.807) is 7.11 Å². The molecule has 88 valence electrons. The molecule has 0 amide bonds. The summed E-state index contributed by atoms with van der Waals surface area (Å²) in [6.07, 6.45) is 0.565. The zero-order chi connectivity index (χ0) is 11.3. The molecular weight excluding hydrogens is 196 g/mol. The van der Waals surface area contributed by atoms with E-state index in [1.807, 2.05) is 4.90 Å². The van der Waals surface area contributed by atoms with E-state index < -0.39 is 12.0 Å². The SMILES string of the molecule is COCCC(C(=O)O)N1CCN(C)CC1. The minimum absolute atomic E-state index is 0.390. The lowest BCUT2D eigenvalue weighted by molar-refractivity contribution is -0.144. The number of nitrogens with zero attached hydrogens (tertiary/aromatic N) is 2. The summed E-state index contributed by atoms with van der Waals surface area (Å²) in [6.45, 7) is 4.05. The van der Waals surface area contributed by atoms with Gasteiger partial charge in [-0.1, -0.05) is 0 Å². The number of carboxylic acid groups (broad SMARTS) is 1. The molecule has 1 fully saturated rings. The molecule has 1 heterocycles. The normalized spacial score (nSPS) is 21.5. The second kappa shape index (κ2) is 6.05. The molecule has 0 radical (unpaired) electrons. The first-order valence-corrected chi connectivity index (χ1v) is 5.29. The molecule has 1 atom stereocenters. The van der Waals surface area contributed by atoms with Crippen molar-refractivity contribution < 1.29 is 14.6 Å². The van der Waals surface area contributed by atoms with Gasteiger partial charge in [0, 0.05) is 39.9 Å². The molecule has 1 unspecified atom stereocenters. The molecule has 5 nitrogen and oxygen atoms in total. The molecule has 1 N–H and O–H groups in total. The smallest absolute Gasteiger partial charge is 0.321 e. The predicted octanol–water partition coefficient (Wildman–Crippen LogP) is -0.276. The van der Waals surface area contributed by atoms with Crippen LogP contribution in [0.5, 0.6) is 0 Å². The molecule has 0 aliphatic carbocycles. The number of aliphatic carboxylic acids is 1. The van der Waals surface area contributed by atoms with E-state index in [9.17, 15) is 4.79 Å². The van der Waals surface area contributed by atoms with Gasteiger partial charge in [-0.25, -0.2) is 0 Å². The Labute approximate surface area is 90.6 Å². The number of hydrogen-bond donors (Lipinski definition) is 1. The molecule has 5 heteroatoms. The van der Waals surface area contributed by atoms with Gasteiger partial charge < -0.3 is 14.7 Å². The zero-order valence-electron chi connectivity index (χ0n) is 9.48. The van der Waals surface area contributed by atoms with E-state index in [2.05, 4.69) is 11.9 Å². The summed E-state index contributed by atoms with van der Waals surface area (Å²) in [7, 11) is 3.66. The van der Waals surface area contributed by atoms with Crippen LogP contribution in [0.3, 0.4) is 0 Å². The van der Waals surface area contributed by atoms with Gasteiger partial charge in [0.25, 0.3) is 0 Å². The number of carbonyl (C=O) groups is 1. The molecule has 1 saturated heterocycles. The first kappa shape index (κ1) is 12.4. The van der Waals surface area contributed by atoms with E-state index in [1.165, 1.54) is 0 Å². The number of hydrogen-bond acceptors (Lipinski definition) is 4. The fourth-order valence-corrected chi connectivity index (χ4v) is 1.83. The van der Waals surface area contributed by atoms with Gasteiger partial charge >= 0.3 is 5.97 Å². The third-order valence-corrected chi connectivity index (χ3v) is 2.86. The fraction of sp³-hybridized carbons (Fsp3) is 0.900. The van der Waals surface area contributed by atoms with Crippen LogP contribution in [-0.4, -0.2) is 73.9 Å². The van der Waals surface area contributed by atoms with Gasteiger partial charge in [-0.3, -0.25) is 9.69 Å². The zero-order valence-corrected chi connectivity index (χ0v) is 9.48. The Bertz CT molecular complexity index is 203. The Balaban J connectivity index is 2.44. The predicted molar refractivity (Wildman–Crippen MR) is 57.0 cm³/mol. The Morgan fingerprint density at radius 3 is 2.47 bits per heavy atom. The molecule has 0 aromatic carbocycles. The van der Waals surface area contributed by atoms with Gasteiger partial charge in [0.05, 0.1) is 0 Å². The van der Waals surface area contributed by atoms with Crippen molar-refractivity contribution in [3.63, 3.8) is 0 Å². The van der Waals surface area contributed by atoms with Crippen LogP contribution in [0.1, 0.15) is 6.42 Å². The molecule has 0 bridgehead atoms. The second-order valence-electron chi connectivity index (χ2n) is 3.97. The van der Waals surface area contributed by atoms with Gasteiger partial charge in [-0.2, -0.15) is 0 Å². The Kier molecular flexibility index (Phi) is 5.01. The first-order chi connectivity index (χ1) is 7.15. The Morgan fingerprint density at radius 2 is 2.00 bits per heavy atom. The minimum atomic E-state index is -0.739. The van der Waals surface area contributed by atoms with Crippen LogP contribution in [0.2, 0.25) is 0 Å². The largest absolute Gasteiger partial charge is 0.480 e. The Morgan fingerprint density at radius 1 is 1.40 bits per heavy atom. The highest BCUT2D eigenvalue weighted by molar-refractivity contribution is 5.73. The highest BCUT2D eigenvalue weighted by Crippen LogP contribution is 2.09. The van der Waals surface area contributed by atoms with Crippen LogP contribution in [-0.2, 0) is 9.53 Å². The fourth-order valence-electron chi connectivity index (χ4n) is 1.83. The van der Waals surface area contributed by atoms with Gasteiger partial charge in [0.1, 0.15) is 6.04 Å². The maximum absolute atomic E-state index is 11.1. The van der Waals surface area contributed by atoms with Crippen LogP contribution < -0.4 is 0 Å². The number of piperazine rings is 1. The van der Waals surface area contributed by atoms with Crippen molar-refractivity contribution in [1.29, 1.82) is 0 Å². The van der Waals surface area contributed by atoms with Crippen molar-refractivity contribution >= 4 is 5.97 Å². The monoisotopic (exact) mass is 216 g/mol. The standard InChI is InChI=1S/C10H20N2O3/c1-11-4-6-12(7-5-11)9(10(13)14)3-8-15-2/h9H,3-8H2,1-2H3,(H,13,14). The molecule has 1 aliphatic rings. The van der Waals surface area contributed by atoms with Gasteiger partial charge in [-0.05, 0) is 13.5 Å². The van der Waals surface area contributed by atoms with Gasteiger partial charge in [0.15, 0.2) is 0 Å². The molecule has 15 heavy (non-hydrogen) atoms. The first-order valence-electron chi connectivity index (χ1n) is 5.29. The molecule has 0 aromatic heterocycles. The van der Waals surface area contributed by atoms with E-state index in [0.717, 1.165) is 26.2 Å². The summed E-state index contributed by atoms with van der Waals surface area (Å²) in [5.41, 5.74) is 0. The van der Waals surface area contributed by atoms with Crippen LogP contribution in [0.4, 0.5) is 0 Å². The van der Waals surface area contributed by atoms with Crippen LogP contribution in [0.25, 0.3) is 0 Å². The third kappa shape index (κ3) is 3.77. The number of methoxy groups -OCH3 is 1. The third-order valence-electron chi connectivity index (χ3n) is 2.86. The van der Waals surface area contributed by atoms with Gasteiger partial charge in [0.2, 0.25) is 0 Å². The van der Waals surface area contributed by atoms with Crippen molar-refractivity contribution in [2.75, 3.05) is 46.9 Å². The van der Waals surface area contributed by atoms with Gasteiger partial charge in [-0.15, -0.1) is 0 Å². The summed E-state index contributed by atoms with van der Waals surface area (Å²) in [5, 5.41) is 9.11. The van der Waals surface area contributed by atoms with Crippen molar-refractivity contribution in [1.82, 2.24) is 9.80 Å². The maximum atomic E-state index is 11.1. The minimum Gasteiger partial charge on any atom is -0.480 e. The number of carboxylic acids is 1. The highest BCUT2D eigenvalue weighted by atomic mass is 16.5. The summed E-state index contributed by atoms with van der Waals surface area (Å²) in [4.78, 5) is 15.3. The summed E-state index contributed by atoms with van der Waals surface area (Å²) < 4.78 is 4.93.